The molecule has 0 spiro atoms. The van der Waals surface area contributed by atoms with Crippen molar-refractivity contribution in [3.8, 4) is 0 Å². The van der Waals surface area contributed by atoms with Gasteiger partial charge in [0.2, 0.25) is 0 Å². The molecule has 0 aromatic heterocycles. The van der Waals surface area contributed by atoms with E-state index in [1.54, 1.807) is 12.1 Å². The molecule has 35 heavy (non-hydrogen) atoms. The Morgan fingerprint density at radius 1 is 0.857 bits per heavy atom. The smallest absolute Gasteiger partial charge is 0.200 e. The highest BCUT2D eigenvalue weighted by molar-refractivity contribution is 5.33. The van der Waals surface area contributed by atoms with E-state index in [-0.39, 0.29) is 36.2 Å². The van der Waals surface area contributed by atoms with Crippen LogP contribution in [-0.2, 0) is 9.47 Å². The van der Waals surface area contributed by atoms with Crippen molar-refractivity contribution < 1.29 is 32.1 Å². The van der Waals surface area contributed by atoms with Crippen molar-refractivity contribution in [2.45, 2.75) is 75.4 Å². The van der Waals surface area contributed by atoms with Crippen molar-refractivity contribution >= 4 is 0 Å². The van der Waals surface area contributed by atoms with E-state index in [2.05, 4.69) is 31.1 Å². The van der Waals surface area contributed by atoms with Gasteiger partial charge in [0.05, 0.1) is 25.9 Å². The molecule has 0 radical (unpaired) electrons. The predicted octanol–water partition coefficient (Wildman–Crippen LogP) is 7.70. The number of allylic oxidation sites excluding steroid dienone is 1. The lowest BCUT2D eigenvalue weighted by molar-refractivity contribution is 0.0380. The van der Waals surface area contributed by atoms with Crippen LogP contribution < -0.4 is 0 Å². The summed E-state index contributed by atoms with van der Waals surface area (Å²) in [7, 11) is 1.19. The molecule has 194 valence electrons. The normalized spacial score (nSPS) is 25.1. The van der Waals surface area contributed by atoms with Crippen LogP contribution in [0.3, 0.4) is 0 Å². The van der Waals surface area contributed by atoms with Crippen LogP contribution in [0.1, 0.15) is 74.3 Å². The summed E-state index contributed by atoms with van der Waals surface area (Å²) < 4.78 is 67.8. The average molecular weight is 497 g/mol. The molecule has 2 aliphatic rings. The lowest BCUT2D eigenvalue weighted by Crippen LogP contribution is -2.23. The first-order valence-electron chi connectivity index (χ1n) is 12.0. The molecule has 0 amide bonds. The van der Waals surface area contributed by atoms with Crippen LogP contribution in [0.2, 0.25) is 0 Å². The maximum absolute atomic E-state index is 14.9. The number of ether oxygens (including phenoxy) is 2. The highest BCUT2D eigenvalue weighted by atomic mass is 19.2. The third kappa shape index (κ3) is 7.31. The first kappa shape index (κ1) is 28.9. The monoisotopic (exact) mass is 496 g/mol. The van der Waals surface area contributed by atoms with Gasteiger partial charge in [-0.1, -0.05) is 25.3 Å². The van der Waals surface area contributed by atoms with Gasteiger partial charge in [-0.25, -0.2) is 13.2 Å². The Labute approximate surface area is 205 Å². The molecule has 0 unspecified atom stereocenters. The molecule has 1 aromatic rings. The fourth-order valence-electron chi connectivity index (χ4n) is 4.79. The van der Waals surface area contributed by atoms with E-state index >= 15 is 0 Å². The van der Waals surface area contributed by atoms with Crippen LogP contribution in [0.4, 0.5) is 17.6 Å². The van der Waals surface area contributed by atoms with Crippen LogP contribution in [0, 0.1) is 11.6 Å². The quantitative estimate of drug-likeness (QED) is 0.173. The number of rotatable bonds is 8. The number of aliphatic hydroxyl groups is 1. The van der Waals surface area contributed by atoms with E-state index in [0.717, 1.165) is 0 Å². The average Bonchev–Trinajstić information content (AvgIpc) is 2.89. The van der Waals surface area contributed by atoms with Gasteiger partial charge in [-0.2, -0.15) is 4.39 Å². The van der Waals surface area contributed by atoms with E-state index in [1.165, 1.54) is 7.11 Å². The molecule has 3 nitrogen and oxygen atoms in total. The van der Waals surface area contributed by atoms with Gasteiger partial charge in [0.1, 0.15) is 5.76 Å². The van der Waals surface area contributed by atoms with E-state index in [0.29, 0.717) is 62.5 Å². The molecule has 0 bridgehead atoms. The molecule has 0 saturated heterocycles. The van der Waals surface area contributed by atoms with Crippen molar-refractivity contribution in [3.05, 3.63) is 84.2 Å². The van der Waals surface area contributed by atoms with Gasteiger partial charge in [-0.15, -0.1) is 13.2 Å². The van der Waals surface area contributed by atoms with Gasteiger partial charge in [-0.3, -0.25) is 0 Å². The van der Waals surface area contributed by atoms with Gasteiger partial charge in [0.15, 0.2) is 23.3 Å². The van der Waals surface area contributed by atoms with Crippen LogP contribution in [0.25, 0.3) is 0 Å². The second-order valence-electron chi connectivity index (χ2n) is 9.02. The standard InChI is InChI=1S/C26H32F4O3.C2H4/c1-15(23(27)24(28)16(2)32-3)14-33-20-10-6-18(7-11-20)22-13-12-21(25(29)26(22)30)17-4-8-19(31)9-5-17;1-2/h12-13,17-20,31H,1-2,4-11,14H2,3H3;1-2H2/b24-23-;. The number of hydrogen-bond donors (Lipinski definition) is 1. The van der Waals surface area contributed by atoms with Crippen molar-refractivity contribution in [1.82, 2.24) is 0 Å². The molecule has 7 heteroatoms. The summed E-state index contributed by atoms with van der Waals surface area (Å²) in [6.45, 7) is 12.6. The molecule has 1 N–H and O–H groups in total. The summed E-state index contributed by atoms with van der Waals surface area (Å²) in [5.74, 6) is -4.52. The van der Waals surface area contributed by atoms with Gasteiger partial charge in [-0.05, 0) is 74.3 Å². The molecule has 0 atom stereocenters. The van der Waals surface area contributed by atoms with Gasteiger partial charge in [0.25, 0.3) is 0 Å². The highest BCUT2D eigenvalue weighted by Gasteiger charge is 2.29. The van der Waals surface area contributed by atoms with Crippen LogP contribution in [0.5, 0.6) is 0 Å². The highest BCUT2D eigenvalue weighted by Crippen LogP contribution is 2.40. The fraction of sp³-hybridized carbons (Fsp3) is 0.500. The maximum Gasteiger partial charge on any atom is 0.200 e. The van der Waals surface area contributed by atoms with E-state index in [1.807, 2.05) is 0 Å². The molecular weight excluding hydrogens is 460 g/mol. The molecule has 1 aromatic carbocycles. The Hall–Kier alpha value is -2.38. The van der Waals surface area contributed by atoms with Crippen molar-refractivity contribution in [2.24, 2.45) is 0 Å². The lowest BCUT2D eigenvalue weighted by Gasteiger charge is -2.30. The van der Waals surface area contributed by atoms with E-state index < -0.39 is 29.0 Å². The first-order chi connectivity index (χ1) is 16.7. The Bertz CT molecular complexity index is 911. The van der Waals surface area contributed by atoms with Gasteiger partial charge in [0, 0.05) is 5.57 Å². The Balaban J connectivity index is 0.00000210. The molecule has 0 aliphatic heterocycles. The molecule has 2 fully saturated rings. The minimum Gasteiger partial charge on any atom is -0.494 e. The topological polar surface area (TPSA) is 38.7 Å². The third-order valence-corrected chi connectivity index (χ3v) is 6.88. The lowest BCUT2D eigenvalue weighted by atomic mass is 9.79. The summed E-state index contributed by atoms with van der Waals surface area (Å²) >= 11 is 0. The number of benzene rings is 1. The maximum atomic E-state index is 14.9. The minimum absolute atomic E-state index is 0.0606. The predicted molar refractivity (Wildman–Crippen MR) is 130 cm³/mol. The van der Waals surface area contributed by atoms with Gasteiger partial charge >= 0.3 is 0 Å². The van der Waals surface area contributed by atoms with Crippen LogP contribution >= 0.6 is 0 Å². The summed E-state index contributed by atoms with van der Waals surface area (Å²) in [5, 5.41) is 9.66. The fourth-order valence-corrected chi connectivity index (χ4v) is 4.79. The molecule has 0 heterocycles. The van der Waals surface area contributed by atoms with E-state index in [4.69, 9.17) is 4.74 Å². The molecule has 2 saturated carbocycles. The Morgan fingerprint density at radius 3 is 1.77 bits per heavy atom. The molecule has 2 aliphatic carbocycles. The third-order valence-electron chi connectivity index (χ3n) is 6.88. The zero-order valence-electron chi connectivity index (χ0n) is 20.4. The van der Waals surface area contributed by atoms with Gasteiger partial charge < -0.3 is 14.6 Å². The van der Waals surface area contributed by atoms with Crippen LogP contribution in [0.15, 0.2) is 61.4 Å². The molecule has 3 rings (SSSR count). The SMILES string of the molecule is C=C.C=C(COC1CCC(c2ccc(C3CCC(O)CC3)c(F)c2F)CC1)/C(F)=C(/F)C(=C)OC. The number of halogens is 4. The van der Waals surface area contributed by atoms with E-state index in [9.17, 15) is 22.7 Å². The second-order valence-corrected chi connectivity index (χ2v) is 9.02. The zero-order chi connectivity index (χ0) is 26.1. The van der Waals surface area contributed by atoms with Crippen molar-refractivity contribution in [3.63, 3.8) is 0 Å². The Kier molecular flexibility index (Phi) is 11.2. The number of methoxy groups -OCH3 is 1. The minimum atomic E-state index is -1.21. The zero-order valence-corrected chi connectivity index (χ0v) is 20.4. The summed E-state index contributed by atoms with van der Waals surface area (Å²) in [4.78, 5) is 0. The summed E-state index contributed by atoms with van der Waals surface area (Å²) in [5.41, 5.74) is 0.632. The largest absolute Gasteiger partial charge is 0.494 e. The van der Waals surface area contributed by atoms with Crippen molar-refractivity contribution in [1.29, 1.82) is 0 Å². The Morgan fingerprint density at radius 2 is 1.31 bits per heavy atom. The molecular formula is C28H36F4O3. The summed E-state index contributed by atoms with van der Waals surface area (Å²) in [6.07, 6.45) is 4.40. The number of hydrogen-bond acceptors (Lipinski definition) is 3. The second kappa shape index (κ2) is 13.6. The van der Waals surface area contributed by atoms with Crippen molar-refractivity contribution in [2.75, 3.05) is 13.7 Å². The van der Waals surface area contributed by atoms with Crippen LogP contribution in [-0.4, -0.2) is 31.0 Å². The summed E-state index contributed by atoms with van der Waals surface area (Å²) in [6, 6.07) is 3.39. The first-order valence-corrected chi connectivity index (χ1v) is 12.0. The number of aliphatic hydroxyl groups excluding tert-OH is 1.